The van der Waals surface area contributed by atoms with Crippen LogP contribution >= 0.6 is 0 Å². The predicted octanol–water partition coefficient (Wildman–Crippen LogP) is 5.33. The van der Waals surface area contributed by atoms with E-state index in [4.69, 9.17) is 9.97 Å². The van der Waals surface area contributed by atoms with Gasteiger partial charge in [-0.25, -0.2) is 9.97 Å². The molecule has 0 fully saturated rings. The molecule has 0 spiro atoms. The van der Waals surface area contributed by atoms with E-state index in [1.54, 1.807) is 0 Å². The molecule has 1 unspecified atom stereocenters. The molecule has 1 aliphatic carbocycles. The van der Waals surface area contributed by atoms with Crippen molar-refractivity contribution < 1.29 is 0 Å². The lowest BCUT2D eigenvalue weighted by Crippen LogP contribution is -2.17. The fourth-order valence-corrected chi connectivity index (χ4v) is 3.53. The molecule has 0 radical (unpaired) electrons. The Morgan fingerprint density at radius 1 is 0.792 bits per heavy atom. The van der Waals surface area contributed by atoms with Crippen molar-refractivity contribution in [2.45, 2.75) is 32.6 Å². The highest BCUT2D eigenvalue weighted by atomic mass is 14.9. The molecule has 1 heterocycles. The Labute approximate surface area is 143 Å². The van der Waals surface area contributed by atoms with Gasteiger partial charge in [-0.05, 0) is 25.2 Å². The SMILES string of the molecule is CCC1CCc2nc(-c3ccccc3)c(-c3ccccc3)nc2C1. The summed E-state index contributed by atoms with van der Waals surface area (Å²) in [5, 5.41) is 0. The Morgan fingerprint density at radius 2 is 1.33 bits per heavy atom. The van der Waals surface area contributed by atoms with E-state index < -0.39 is 0 Å². The van der Waals surface area contributed by atoms with E-state index in [1.165, 1.54) is 24.2 Å². The molecule has 2 nitrogen and oxygen atoms in total. The number of hydrogen-bond acceptors (Lipinski definition) is 2. The first kappa shape index (κ1) is 15.1. The third-order valence-corrected chi connectivity index (χ3v) is 4.99. The zero-order valence-corrected chi connectivity index (χ0v) is 14.1. The highest BCUT2D eigenvalue weighted by molar-refractivity contribution is 5.78. The molecule has 0 bridgehead atoms. The molecule has 2 aromatic carbocycles. The van der Waals surface area contributed by atoms with Gasteiger partial charge in [-0.2, -0.15) is 0 Å². The summed E-state index contributed by atoms with van der Waals surface area (Å²) in [4.78, 5) is 10.2. The number of benzene rings is 2. The van der Waals surface area contributed by atoms with E-state index in [-0.39, 0.29) is 0 Å². The standard InChI is InChI=1S/C22H22N2/c1-2-16-13-14-19-20(15-16)24-22(18-11-7-4-8-12-18)21(23-19)17-9-5-3-6-10-17/h3-12,16H,2,13-15H2,1H3. The predicted molar refractivity (Wildman–Crippen MR) is 98.7 cm³/mol. The Kier molecular flexibility index (Phi) is 4.12. The first-order valence-corrected chi connectivity index (χ1v) is 8.85. The fourth-order valence-electron chi connectivity index (χ4n) is 3.53. The second-order valence-electron chi connectivity index (χ2n) is 6.56. The number of fused-ring (bicyclic) bond motifs is 1. The molecule has 1 aliphatic rings. The zero-order chi connectivity index (χ0) is 16.4. The van der Waals surface area contributed by atoms with Crippen LogP contribution < -0.4 is 0 Å². The molecule has 0 aliphatic heterocycles. The fraction of sp³-hybridized carbons (Fsp3) is 0.273. The summed E-state index contributed by atoms with van der Waals surface area (Å²) in [6.07, 6.45) is 4.57. The van der Waals surface area contributed by atoms with Gasteiger partial charge in [0.2, 0.25) is 0 Å². The minimum absolute atomic E-state index is 0.748. The van der Waals surface area contributed by atoms with Crippen LogP contribution in [-0.4, -0.2) is 9.97 Å². The molecule has 120 valence electrons. The molecule has 1 atom stereocenters. The zero-order valence-electron chi connectivity index (χ0n) is 14.1. The van der Waals surface area contributed by atoms with Crippen LogP contribution in [0.2, 0.25) is 0 Å². The minimum Gasteiger partial charge on any atom is -0.249 e. The lowest BCUT2D eigenvalue weighted by Gasteiger charge is -2.23. The van der Waals surface area contributed by atoms with Crippen molar-refractivity contribution >= 4 is 0 Å². The van der Waals surface area contributed by atoms with Crippen molar-refractivity contribution in [3.63, 3.8) is 0 Å². The van der Waals surface area contributed by atoms with E-state index in [9.17, 15) is 0 Å². The summed E-state index contributed by atoms with van der Waals surface area (Å²) in [5.74, 6) is 0.748. The number of rotatable bonds is 3. The monoisotopic (exact) mass is 314 g/mol. The van der Waals surface area contributed by atoms with Crippen molar-refractivity contribution in [2.24, 2.45) is 5.92 Å². The number of aromatic nitrogens is 2. The van der Waals surface area contributed by atoms with Crippen LogP contribution in [0, 0.1) is 5.92 Å². The van der Waals surface area contributed by atoms with Gasteiger partial charge in [0.25, 0.3) is 0 Å². The molecule has 1 aromatic heterocycles. The maximum absolute atomic E-state index is 5.10. The smallest absolute Gasteiger partial charge is 0.0968 e. The quantitative estimate of drug-likeness (QED) is 0.653. The largest absolute Gasteiger partial charge is 0.249 e. The summed E-state index contributed by atoms with van der Waals surface area (Å²) < 4.78 is 0. The van der Waals surface area contributed by atoms with Crippen LogP contribution in [-0.2, 0) is 12.8 Å². The van der Waals surface area contributed by atoms with Gasteiger partial charge in [0, 0.05) is 11.1 Å². The van der Waals surface area contributed by atoms with Crippen molar-refractivity contribution in [1.29, 1.82) is 0 Å². The molecule has 0 amide bonds. The number of aryl methyl sites for hydroxylation is 1. The van der Waals surface area contributed by atoms with Crippen LogP contribution in [0.3, 0.4) is 0 Å². The molecular weight excluding hydrogens is 292 g/mol. The van der Waals surface area contributed by atoms with Crippen molar-refractivity contribution in [2.75, 3.05) is 0 Å². The third-order valence-electron chi connectivity index (χ3n) is 4.99. The first-order valence-electron chi connectivity index (χ1n) is 8.85. The van der Waals surface area contributed by atoms with Crippen molar-refractivity contribution in [1.82, 2.24) is 9.97 Å². The van der Waals surface area contributed by atoms with Gasteiger partial charge < -0.3 is 0 Å². The van der Waals surface area contributed by atoms with Gasteiger partial charge in [0.15, 0.2) is 0 Å². The molecule has 2 heteroatoms. The van der Waals surface area contributed by atoms with E-state index in [0.29, 0.717) is 0 Å². The van der Waals surface area contributed by atoms with E-state index in [2.05, 4.69) is 55.5 Å². The Balaban J connectivity index is 1.89. The van der Waals surface area contributed by atoms with E-state index in [0.717, 1.165) is 41.3 Å². The minimum atomic E-state index is 0.748. The molecule has 4 rings (SSSR count). The molecule has 3 aromatic rings. The topological polar surface area (TPSA) is 25.8 Å². The van der Waals surface area contributed by atoms with Crippen LogP contribution in [0.15, 0.2) is 60.7 Å². The lowest BCUT2D eigenvalue weighted by atomic mass is 9.87. The number of hydrogen-bond donors (Lipinski definition) is 0. The maximum Gasteiger partial charge on any atom is 0.0968 e. The van der Waals surface area contributed by atoms with Gasteiger partial charge in [-0.15, -0.1) is 0 Å². The summed E-state index contributed by atoms with van der Waals surface area (Å²) >= 11 is 0. The maximum atomic E-state index is 5.10. The molecule has 0 N–H and O–H groups in total. The first-order chi connectivity index (χ1) is 11.8. The average molecular weight is 314 g/mol. The van der Waals surface area contributed by atoms with Gasteiger partial charge in [0.1, 0.15) is 0 Å². The Morgan fingerprint density at radius 3 is 1.88 bits per heavy atom. The number of nitrogens with zero attached hydrogens (tertiary/aromatic N) is 2. The second-order valence-corrected chi connectivity index (χ2v) is 6.56. The van der Waals surface area contributed by atoms with Gasteiger partial charge in [-0.1, -0.05) is 74.0 Å². The Bertz CT molecular complexity index is 825. The van der Waals surface area contributed by atoms with Crippen LogP contribution in [0.4, 0.5) is 0 Å². The molecule has 0 saturated heterocycles. The van der Waals surface area contributed by atoms with Crippen LogP contribution in [0.5, 0.6) is 0 Å². The average Bonchev–Trinajstić information content (AvgIpc) is 2.68. The van der Waals surface area contributed by atoms with Gasteiger partial charge in [-0.3, -0.25) is 0 Å². The van der Waals surface area contributed by atoms with Crippen LogP contribution in [0.1, 0.15) is 31.2 Å². The third kappa shape index (κ3) is 2.84. The normalized spacial score (nSPS) is 16.6. The van der Waals surface area contributed by atoms with Gasteiger partial charge in [0.05, 0.1) is 22.8 Å². The molecule has 0 saturated carbocycles. The molecular formula is C22H22N2. The van der Waals surface area contributed by atoms with Crippen LogP contribution in [0.25, 0.3) is 22.5 Å². The summed E-state index contributed by atoms with van der Waals surface area (Å²) in [6, 6.07) is 20.9. The van der Waals surface area contributed by atoms with Crippen molar-refractivity contribution in [3.05, 3.63) is 72.1 Å². The van der Waals surface area contributed by atoms with E-state index in [1.807, 2.05) is 12.1 Å². The lowest BCUT2D eigenvalue weighted by molar-refractivity contribution is 0.433. The van der Waals surface area contributed by atoms with Gasteiger partial charge >= 0.3 is 0 Å². The summed E-state index contributed by atoms with van der Waals surface area (Å²) in [6.45, 7) is 2.28. The highest BCUT2D eigenvalue weighted by Gasteiger charge is 2.23. The molecule has 24 heavy (non-hydrogen) atoms. The van der Waals surface area contributed by atoms with E-state index >= 15 is 0 Å². The Hall–Kier alpha value is -2.48. The summed E-state index contributed by atoms with van der Waals surface area (Å²) in [5.41, 5.74) is 6.70. The second kappa shape index (κ2) is 6.56. The highest BCUT2D eigenvalue weighted by Crippen LogP contribution is 2.33. The van der Waals surface area contributed by atoms with Crippen molar-refractivity contribution in [3.8, 4) is 22.5 Å². The summed E-state index contributed by atoms with van der Waals surface area (Å²) in [7, 11) is 0.